The van der Waals surface area contributed by atoms with Crippen molar-refractivity contribution in [1.29, 1.82) is 0 Å². The number of fused-ring (bicyclic) bond motifs is 1. The maximum absolute atomic E-state index is 13.2. The Morgan fingerprint density at radius 2 is 1.55 bits per heavy atom. The summed E-state index contributed by atoms with van der Waals surface area (Å²) in [6.45, 7) is 1.99. The van der Waals surface area contributed by atoms with Gasteiger partial charge in [0.15, 0.2) is 0 Å². The summed E-state index contributed by atoms with van der Waals surface area (Å²) in [6.07, 6.45) is 1.54. The number of para-hydroxylation sites is 1. The predicted octanol–water partition coefficient (Wildman–Crippen LogP) is 4.42. The summed E-state index contributed by atoms with van der Waals surface area (Å²) in [6, 6.07) is 23.0. The SMILES string of the molecule is Cc1ccc(NC(=O)Cn2cc(S(=O)(=O)c3ccccc3)c3ccccc32)cc1. The summed E-state index contributed by atoms with van der Waals surface area (Å²) in [7, 11) is -3.70. The number of nitrogens with one attached hydrogen (secondary N) is 1. The van der Waals surface area contributed by atoms with Crippen LogP contribution in [0.3, 0.4) is 0 Å². The Kier molecular flexibility index (Phi) is 4.94. The molecule has 0 spiro atoms. The zero-order chi connectivity index (χ0) is 20.4. The molecule has 0 aliphatic carbocycles. The molecule has 1 aromatic heterocycles. The van der Waals surface area contributed by atoms with Crippen LogP contribution in [0.4, 0.5) is 5.69 Å². The molecule has 146 valence electrons. The maximum atomic E-state index is 13.2. The molecule has 0 saturated carbocycles. The molecule has 0 bridgehead atoms. The molecule has 0 radical (unpaired) electrons. The normalized spacial score (nSPS) is 11.5. The number of carbonyl (C=O) groups is 1. The Balaban J connectivity index is 1.69. The summed E-state index contributed by atoms with van der Waals surface area (Å²) >= 11 is 0. The van der Waals surface area contributed by atoms with E-state index in [0.29, 0.717) is 16.6 Å². The second-order valence-corrected chi connectivity index (χ2v) is 8.79. The fourth-order valence-corrected chi connectivity index (χ4v) is 4.77. The van der Waals surface area contributed by atoms with Crippen molar-refractivity contribution in [1.82, 2.24) is 4.57 Å². The molecule has 0 atom stereocenters. The van der Waals surface area contributed by atoms with Crippen LogP contribution in [0.2, 0.25) is 0 Å². The number of anilines is 1. The first-order valence-electron chi connectivity index (χ1n) is 9.20. The van der Waals surface area contributed by atoms with Crippen LogP contribution in [0, 0.1) is 6.92 Å². The third kappa shape index (κ3) is 3.79. The van der Waals surface area contributed by atoms with Gasteiger partial charge in [0, 0.05) is 22.8 Å². The van der Waals surface area contributed by atoms with E-state index in [1.807, 2.05) is 43.3 Å². The molecule has 4 rings (SSSR count). The number of aromatic nitrogens is 1. The van der Waals surface area contributed by atoms with Crippen molar-refractivity contribution in [3.05, 3.63) is 90.6 Å². The van der Waals surface area contributed by atoms with E-state index in [1.165, 1.54) is 0 Å². The Morgan fingerprint density at radius 3 is 2.28 bits per heavy atom. The van der Waals surface area contributed by atoms with E-state index in [2.05, 4.69) is 5.32 Å². The van der Waals surface area contributed by atoms with Gasteiger partial charge >= 0.3 is 0 Å². The maximum Gasteiger partial charge on any atom is 0.244 e. The number of hydrogen-bond donors (Lipinski definition) is 1. The number of aryl methyl sites for hydroxylation is 1. The smallest absolute Gasteiger partial charge is 0.244 e. The Hall–Kier alpha value is -3.38. The van der Waals surface area contributed by atoms with Gasteiger partial charge in [0.2, 0.25) is 15.7 Å². The lowest BCUT2D eigenvalue weighted by atomic mass is 10.2. The van der Waals surface area contributed by atoms with Gasteiger partial charge in [-0.05, 0) is 37.3 Å². The summed E-state index contributed by atoms with van der Waals surface area (Å²) < 4.78 is 28.0. The highest BCUT2D eigenvalue weighted by Gasteiger charge is 2.23. The fraction of sp³-hybridized carbons (Fsp3) is 0.0870. The highest BCUT2D eigenvalue weighted by atomic mass is 32.2. The summed E-state index contributed by atoms with van der Waals surface area (Å²) in [5, 5.41) is 3.45. The van der Waals surface area contributed by atoms with Crippen LogP contribution in [0.25, 0.3) is 10.9 Å². The van der Waals surface area contributed by atoms with Gasteiger partial charge in [-0.1, -0.05) is 54.1 Å². The molecule has 0 fully saturated rings. The van der Waals surface area contributed by atoms with Gasteiger partial charge in [0.05, 0.1) is 9.79 Å². The first kappa shape index (κ1) is 19.0. The first-order chi connectivity index (χ1) is 13.9. The van der Waals surface area contributed by atoms with Crippen molar-refractivity contribution < 1.29 is 13.2 Å². The zero-order valence-electron chi connectivity index (χ0n) is 15.9. The number of nitrogens with zero attached hydrogens (tertiary/aromatic N) is 1. The molecule has 1 N–H and O–H groups in total. The van der Waals surface area contributed by atoms with E-state index >= 15 is 0 Å². The van der Waals surface area contributed by atoms with Crippen molar-refractivity contribution in [2.45, 2.75) is 23.3 Å². The molecule has 0 unspecified atom stereocenters. The van der Waals surface area contributed by atoms with Crippen molar-refractivity contribution in [2.24, 2.45) is 0 Å². The quantitative estimate of drug-likeness (QED) is 0.535. The van der Waals surface area contributed by atoms with Crippen LogP contribution in [0.15, 0.2) is 94.9 Å². The van der Waals surface area contributed by atoms with Crippen molar-refractivity contribution in [3.8, 4) is 0 Å². The van der Waals surface area contributed by atoms with Crippen LogP contribution in [0.1, 0.15) is 5.56 Å². The minimum atomic E-state index is -3.70. The molecule has 4 aromatic rings. The van der Waals surface area contributed by atoms with Crippen LogP contribution in [0.5, 0.6) is 0 Å². The topological polar surface area (TPSA) is 68.2 Å². The van der Waals surface area contributed by atoms with Gasteiger partial charge in [0.25, 0.3) is 0 Å². The average molecular weight is 404 g/mol. The molecular formula is C23H20N2O3S. The highest BCUT2D eigenvalue weighted by molar-refractivity contribution is 7.91. The molecule has 3 aromatic carbocycles. The molecular weight excluding hydrogens is 384 g/mol. The van der Waals surface area contributed by atoms with Gasteiger partial charge in [-0.25, -0.2) is 8.42 Å². The minimum absolute atomic E-state index is 0.0126. The molecule has 0 aliphatic heterocycles. The third-order valence-electron chi connectivity index (χ3n) is 4.74. The Bertz CT molecular complexity index is 1270. The van der Waals surface area contributed by atoms with Gasteiger partial charge in [-0.2, -0.15) is 0 Å². The van der Waals surface area contributed by atoms with E-state index in [0.717, 1.165) is 5.56 Å². The van der Waals surface area contributed by atoms with Gasteiger partial charge in [0.1, 0.15) is 6.54 Å². The fourth-order valence-electron chi connectivity index (χ4n) is 3.28. The van der Waals surface area contributed by atoms with Crippen LogP contribution < -0.4 is 5.32 Å². The first-order valence-corrected chi connectivity index (χ1v) is 10.7. The number of rotatable bonds is 5. The van der Waals surface area contributed by atoms with E-state index < -0.39 is 9.84 Å². The Morgan fingerprint density at radius 1 is 0.897 bits per heavy atom. The van der Waals surface area contributed by atoms with Gasteiger partial charge in [-0.3, -0.25) is 4.79 Å². The molecule has 1 heterocycles. The Labute approximate surface area is 169 Å². The number of carbonyl (C=O) groups excluding carboxylic acids is 1. The lowest BCUT2D eigenvalue weighted by molar-refractivity contribution is -0.116. The monoisotopic (exact) mass is 404 g/mol. The van der Waals surface area contributed by atoms with E-state index in [1.54, 1.807) is 53.2 Å². The molecule has 29 heavy (non-hydrogen) atoms. The molecule has 5 nitrogen and oxygen atoms in total. The summed E-state index contributed by atoms with van der Waals surface area (Å²) in [5.74, 6) is -0.224. The van der Waals surface area contributed by atoms with Crippen LogP contribution in [-0.4, -0.2) is 18.9 Å². The summed E-state index contributed by atoms with van der Waals surface area (Å²) in [5.41, 5.74) is 2.51. The van der Waals surface area contributed by atoms with Gasteiger partial charge < -0.3 is 9.88 Å². The lowest BCUT2D eigenvalue weighted by Gasteiger charge is -2.07. The molecule has 6 heteroatoms. The van der Waals surface area contributed by atoms with Crippen molar-refractivity contribution >= 4 is 32.3 Å². The lowest BCUT2D eigenvalue weighted by Crippen LogP contribution is -2.18. The van der Waals surface area contributed by atoms with E-state index in [-0.39, 0.29) is 22.2 Å². The standard InChI is InChI=1S/C23H20N2O3S/c1-17-11-13-18(14-12-17)24-23(26)16-25-15-22(20-9-5-6-10-21(20)25)29(27,28)19-7-3-2-4-8-19/h2-15H,16H2,1H3,(H,24,26). The largest absolute Gasteiger partial charge is 0.337 e. The van der Waals surface area contributed by atoms with Crippen molar-refractivity contribution in [2.75, 3.05) is 5.32 Å². The average Bonchev–Trinajstić information content (AvgIpc) is 3.10. The second kappa shape index (κ2) is 7.56. The minimum Gasteiger partial charge on any atom is -0.337 e. The third-order valence-corrected chi connectivity index (χ3v) is 6.54. The highest BCUT2D eigenvalue weighted by Crippen LogP contribution is 2.30. The molecule has 0 saturated heterocycles. The second-order valence-electron chi connectivity index (χ2n) is 6.87. The zero-order valence-corrected chi connectivity index (χ0v) is 16.7. The number of hydrogen-bond acceptors (Lipinski definition) is 3. The summed E-state index contributed by atoms with van der Waals surface area (Å²) in [4.78, 5) is 13.0. The van der Waals surface area contributed by atoms with Crippen LogP contribution >= 0.6 is 0 Å². The van der Waals surface area contributed by atoms with Gasteiger partial charge in [-0.15, -0.1) is 0 Å². The number of amides is 1. The van der Waals surface area contributed by atoms with Crippen molar-refractivity contribution in [3.63, 3.8) is 0 Å². The molecule has 0 aliphatic rings. The van der Waals surface area contributed by atoms with E-state index in [4.69, 9.17) is 0 Å². The van der Waals surface area contributed by atoms with E-state index in [9.17, 15) is 13.2 Å². The number of benzene rings is 3. The molecule has 1 amide bonds. The predicted molar refractivity (Wildman–Crippen MR) is 114 cm³/mol. The number of sulfone groups is 1. The van der Waals surface area contributed by atoms with Crippen LogP contribution in [-0.2, 0) is 21.2 Å².